The SMILES string of the molecule is CC(C)(C)Nc1nc(Nc2cccc(Cl)c2Cl)cc(-c2ccncc2)n1. The van der Waals surface area contributed by atoms with Gasteiger partial charge in [0.2, 0.25) is 5.95 Å². The number of aromatic nitrogens is 3. The van der Waals surface area contributed by atoms with E-state index < -0.39 is 0 Å². The molecule has 0 aliphatic heterocycles. The smallest absolute Gasteiger partial charge is 0.225 e. The Balaban J connectivity index is 2.03. The van der Waals surface area contributed by atoms with E-state index in [9.17, 15) is 0 Å². The van der Waals surface area contributed by atoms with E-state index in [2.05, 4.69) is 46.4 Å². The molecular formula is C19H19Cl2N5. The average molecular weight is 388 g/mol. The molecule has 26 heavy (non-hydrogen) atoms. The van der Waals surface area contributed by atoms with E-state index in [1.54, 1.807) is 18.5 Å². The van der Waals surface area contributed by atoms with Crippen LogP contribution in [0.2, 0.25) is 10.0 Å². The lowest BCUT2D eigenvalue weighted by Gasteiger charge is -2.21. The Bertz CT molecular complexity index is 908. The van der Waals surface area contributed by atoms with Crippen LogP contribution < -0.4 is 10.6 Å². The van der Waals surface area contributed by atoms with Gasteiger partial charge in [-0.1, -0.05) is 29.3 Å². The van der Waals surface area contributed by atoms with E-state index in [0.717, 1.165) is 11.3 Å². The molecule has 0 aliphatic carbocycles. The van der Waals surface area contributed by atoms with Gasteiger partial charge in [-0.2, -0.15) is 4.98 Å². The Hall–Kier alpha value is -2.37. The first-order chi connectivity index (χ1) is 12.3. The van der Waals surface area contributed by atoms with Crippen LogP contribution in [0.4, 0.5) is 17.5 Å². The number of hydrogen-bond donors (Lipinski definition) is 2. The molecule has 3 rings (SSSR count). The van der Waals surface area contributed by atoms with Crippen molar-refractivity contribution in [1.29, 1.82) is 0 Å². The number of nitrogens with zero attached hydrogens (tertiary/aromatic N) is 3. The van der Waals surface area contributed by atoms with E-state index in [4.69, 9.17) is 23.2 Å². The molecule has 0 saturated carbocycles. The predicted octanol–water partition coefficient (Wildman–Crippen LogP) is 5.80. The highest BCUT2D eigenvalue weighted by molar-refractivity contribution is 6.43. The van der Waals surface area contributed by atoms with Gasteiger partial charge in [-0.3, -0.25) is 4.98 Å². The zero-order chi connectivity index (χ0) is 18.7. The molecule has 7 heteroatoms. The second kappa shape index (κ2) is 7.48. The van der Waals surface area contributed by atoms with Crippen LogP contribution in [0.15, 0.2) is 48.8 Å². The highest BCUT2D eigenvalue weighted by atomic mass is 35.5. The Morgan fingerprint density at radius 3 is 2.38 bits per heavy atom. The largest absolute Gasteiger partial charge is 0.350 e. The molecule has 0 aliphatic rings. The number of nitrogens with one attached hydrogen (secondary N) is 2. The van der Waals surface area contributed by atoms with Crippen molar-refractivity contribution in [3.05, 3.63) is 58.8 Å². The van der Waals surface area contributed by atoms with Gasteiger partial charge in [-0.05, 0) is 45.0 Å². The fourth-order valence-electron chi connectivity index (χ4n) is 2.31. The summed E-state index contributed by atoms with van der Waals surface area (Å²) >= 11 is 12.4. The fraction of sp³-hybridized carbons (Fsp3) is 0.211. The summed E-state index contributed by atoms with van der Waals surface area (Å²) < 4.78 is 0. The lowest BCUT2D eigenvalue weighted by atomic mass is 10.1. The molecule has 0 bridgehead atoms. The van der Waals surface area contributed by atoms with E-state index in [1.165, 1.54) is 0 Å². The third-order valence-electron chi connectivity index (χ3n) is 3.40. The Kier molecular flexibility index (Phi) is 5.30. The molecular weight excluding hydrogens is 369 g/mol. The van der Waals surface area contributed by atoms with Crippen molar-refractivity contribution in [2.45, 2.75) is 26.3 Å². The van der Waals surface area contributed by atoms with Crippen LogP contribution in [0.3, 0.4) is 0 Å². The minimum atomic E-state index is -0.179. The van der Waals surface area contributed by atoms with E-state index in [0.29, 0.717) is 27.5 Å². The van der Waals surface area contributed by atoms with Crippen molar-refractivity contribution < 1.29 is 0 Å². The summed E-state index contributed by atoms with van der Waals surface area (Å²) in [6, 6.07) is 11.1. The van der Waals surface area contributed by atoms with Gasteiger partial charge < -0.3 is 10.6 Å². The van der Waals surface area contributed by atoms with Gasteiger partial charge in [0.25, 0.3) is 0 Å². The van der Waals surface area contributed by atoms with Crippen molar-refractivity contribution in [1.82, 2.24) is 15.0 Å². The molecule has 3 aromatic rings. The Labute approximate surface area is 162 Å². The summed E-state index contributed by atoms with van der Waals surface area (Å²) in [6.07, 6.45) is 3.46. The molecule has 0 unspecified atom stereocenters. The summed E-state index contributed by atoms with van der Waals surface area (Å²) in [5.41, 5.74) is 2.22. The van der Waals surface area contributed by atoms with Crippen LogP contribution in [0.25, 0.3) is 11.3 Å². The monoisotopic (exact) mass is 387 g/mol. The second-order valence-corrected chi connectivity index (χ2v) is 7.58. The average Bonchev–Trinajstić information content (AvgIpc) is 2.58. The molecule has 0 fully saturated rings. The van der Waals surface area contributed by atoms with Crippen molar-refractivity contribution in [2.24, 2.45) is 0 Å². The Morgan fingerprint density at radius 2 is 1.69 bits per heavy atom. The molecule has 5 nitrogen and oxygen atoms in total. The van der Waals surface area contributed by atoms with Crippen LogP contribution >= 0.6 is 23.2 Å². The summed E-state index contributed by atoms with van der Waals surface area (Å²) in [6.45, 7) is 6.16. The number of halogens is 2. The maximum atomic E-state index is 6.28. The number of hydrogen-bond acceptors (Lipinski definition) is 5. The molecule has 1 aromatic carbocycles. The van der Waals surface area contributed by atoms with Crippen molar-refractivity contribution in [2.75, 3.05) is 10.6 Å². The molecule has 0 amide bonds. The van der Waals surface area contributed by atoms with Gasteiger partial charge in [-0.15, -0.1) is 0 Å². The molecule has 2 aromatic heterocycles. The van der Waals surface area contributed by atoms with Crippen LogP contribution in [-0.4, -0.2) is 20.5 Å². The summed E-state index contributed by atoms with van der Waals surface area (Å²) in [5.74, 6) is 1.13. The van der Waals surface area contributed by atoms with Gasteiger partial charge in [-0.25, -0.2) is 4.98 Å². The van der Waals surface area contributed by atoms with Crippen molar-refractivity contribution >= 4 is 40.7 Å². The molecule has 134 valence electrons. The van der Waals surface area contributed by atoms with Crippen LogP contribution in [0.5, 0.6) is 0 Å². The molecule has 0 radical (unpaired) electrons. The standard InChI is InChI=1S/C19H19Cl2N5/c1-19(2,3)26-18-24-15(12-7-9-22-10-8-12)11-16(25-18)23-14-6-4-5-13(20)17(14)21/h4-11H,1-3H3,(H2,23,24,25,26). The first-order valence-electron chi connectivity index (χ1n) is 8.10. The van der Waals surface area contributed by atoms with Gasteiger partial charge >= 0.3 is 0 Å². The van der Waals surface area contributed by atoms with Crippen LogP contribution in [0.1, 0.15) is 20.8 Å². The quantitative estimate of drug-likeness (QED) is 0.592. The van der Waals surface area contributed by atoms with Crippen LogP contribution in [-0.2, 0) is 0 Å². The molecule has 0 atom stereocenters. The fourth-order valence-corrected chi connectivity index (χ4v) is 2.66. The summed E-state index contributed by atoms with van der Waals surface area (Å²) in [7, 11) is 0. The zero-order valence-corrected chi connectivity index (χ0v) is 16.2. The number of anilines is 3. The summed E-state index contributed by atoms with van der Waals surface area (Å²) in [5, 5.41) is 7.46. The number of pyridine rings is 1. The van der Waals surface area contributed by atoms with Crippen molar-refractivity contribution in [3.63, 3.8) is 0 Å². The lowest BCUT2D eigenvalue weighted by molar-refractivity contribution is 0.626. The maximum Gasteiger partial charge on any atom is 0.225 e. The van der Waals surface area contributed by atoms with E-state index >= 15 is 0 Å². The summed E-state index contributed by atoms with van der Waals surface area (Å²) in [4.78, 5) is 13.2. The zero-order valence-electron chi connectivity index (χ0n) is 14.7. The van der Waals surface area contributed by atoms with Crippen molar-refractivity contribution in [3.8, 4) is 11.3 Å². The second-order valence-electron chi connectivity index (χ2n) is 6.80. The molecule has 2 N–H and O–H groups in total. The minimum Gasteiger partial charge on any atom is -0.350 e. The number of benzene rings is 1. The Morgan fingerprint density at radius 1 is 0.962 bits per heavy atom. The topological polar surface area (TPSA) is 62.7 Å². The molecule has 2 heterocycles. The highest BCUT2D eigenvalue weighted by Crippen LogP contribution is 2.32. The third kappa shape index (κ3) is 4.62. The number of rotatable bonds is 4. The lowest BCUT2D eigenvalue weighted by Crippen LogP contribution is -2.27. The molecule has 0 spiro atoms. The normalized spacial score (nSPS) is 11.3. The van der Waals surface area contributed by atoms with Gasteiger partial charge in [0.1, 0.15) is 5.82 Å². The van der Waals surface area contributed by atoms with Gasteiger partial charge in [0.05, 0.1) is 21.4 Å². The minimum absolute atomic E-state index is 0.179. The van der Waals surface area contributed by atoms with Gasteiger partial charge in [0, 0.05) is 29.6 Å². The van der Waals surface area contributed by atoms with Crippen LogP contribution in [0, 0.1) is 0 Å². The first-order valence-corrected chi connectivity index (χ1v) is 8.86. The molecule has 0 saturated heterocycles. The van der Waals surface area contributed by atoms with E-state index in [1.807, 2.05) is 30.3 Å². The third-order valence-corrected chi connectivity index (χ3v) is 4.22. The maximum absolute atomic E-state index is 6.28. The van der Waals surface area contributed by atoms with Gasteiger partial charge in [0.15, 0.2) is 0 Å². The first kappa shape index (κ1) is 18.4. The van der Waals surface area contributed by atoms with E-state index in [-0.39, 0.29) is 5.54 Å². The predicted molar refractivity (Wildman–Crippen MR) is 108 cm³/mol. The highest BCUT2D eigenvalue weighted by Gasteiger charge is 2.14.